The number of hydrogen-bond donors (Lipinski definition) is 0. The van der Waals surface area contributed by atoms with Gasteiger partial charge in [0.05, 0.1) is 6.42 Å². The Morgan fingerprint density at radius 2 is 1.59 bits per heavy atom. The molecule has 0 aliphatic carbocycles. The molecule has 0 fully saturated rings. The molecule has 6 nitrogen and oxygen atoms in total. The van der Waals surface area contributed by atoms with Crippen LogP contribution in [0.1, 0.15) is 56.6 Å². The van der Waals surface area contributed by atoms with Crippen molar-refractivity contribution in [3.05, 3.63) is 53.6 Å². The van der Waals surface area contributed by atoms with Gasteiger partial charge in [0.1, 0.15) is 0 Å². The molecule has 0 saturated heterocycles. The van der Waals surface area contributed by atoms with E-state index in [4.69, 9.17) is 9.47 Å². The number of fused-ring (bicyclic) bond motifs is 2. The zero-order valence-electron chi connectivity index (χ0n) is 18.8. The van der Waals surface area contributed by atoms with Gasteiger partial charge in [-0.1, -0.05) is 49.9 Å². The lowest BCUT2D eigenvalue weighted by molar-refractivity contribution is -0.131. The molecule has 2 aliphatic rings. The van der Waals surface area contributed by atoms with E-state index in [9.17, 15) is 9.59 Å². The van der Waals surface area contributed by atoms with E-state index < -0.39 is 0 Å². The van der Waals surface area contributed by atoms with Crippen molar-refractivity contribution >= 4 is 17.5 Å². The van der Waals surface area contributed by atoms with E-state index in [2.05, 4.69) is 0 Å². The van der Waals surface area contributed by atoms with Crippen LogP contribution in [0.3, 0.4) is 0 Å². The Morgan fingerprint density at radius 3 is 2.41 bits per heavy atom. The van der Waals surface area contributed by atoms with Crippen LogP contribution in [-0.4, -0.2) is 36.6 Å². The maximum atomic E-state index is 13.4. The summed E-state index contributed by atoms with van der Waals surface area (Å²) >= 11 is 0. The number of rotatable bonds is 2. The number of nitrogens with zero attached hydrogens (tertiary/aromatic N) is 2. The van der Waals surface area contributed by atoms with E-state index in [1.165, 1.54) is 6.42 Å². The lowest BCUT2D eigenvalue weighted by atomic mass is 10.1. The minimum absolute atomic E-state index is 0.0468. The third-order valence-electron chi connectivity index (χ3n) is 6.23. The van der Waals surface area contributed by atoms with E-state index in [1.807, 2.05) is 52.3 Å². The molecule has 2 heterocycles. The predicted octanol–water partition coefficient (Wildman–Crippen LogP) is 4.69. The average molecular weight is 437 g/mol. The van der Waals surface area contributed by atoms with E-state index in [0.717, 1.165) is 67.8 Å². The number of hydrogen-bond acceptors (Lipinski definition) is 4. The minimum Gasteiger partial charge on any atom is -0.454 e. The van der Waals surface area contributed by atoms with E-state index in [1.54, 1.807) is 6.92 Å². The molecule has 4 rings (SSSR count). The Kier molecular flexibility index (Phi) is 7.30. The molecule has 0 unspecified atom stereocenters. The van der Waals surface area contributed by atoms with Crippen molar-refractivity contribution in [2.75, 3.05) is 24.8 Å². The van der Waals surface area contributed by atoms with Crippen LogP contribution in [0.5, 0.6) is 11.5 Å². The van der Waals surface area contributed by atoms with Gasteiger partial charge in [0.25, 0.3) is 0 Å². The molecule has 2 aromatic rings. The van der Waals surface area contributed by atoms with Crippen LogP contribution < -0.4 is 14.4 Å². The molecule has 2 amide bonds. The average Bonchev–Trinajstić information content (AvgIpc) is 3.25. The van der Waals surface area contributed by atoms with Crippen molar-refractivity contribution in [3.8, 4) is 11.5 Å². The highest BCUT2D eigenvalue weighted by atomic mass is 16.7. The highest BCUT2D eigenvalue weighted by Crippen LogP contribution is 2.33. The molecule has 6 heteroatoms. The third kappa shape index (κ3) is 5.42. The van der Waals surface area contributed by atoms with Gasteiger partial charge < -0.3 is 19.3 Å². The van der Waals surface area contributed by atoms with Crippen LogP contribution in [0, 0.1) is 0 Å². The second-order valence-electron chi connectivity index (χ2n) is 8.60. The first-order valence-corrected chi connectivity index (χ1v) is 11.6. The molecule has 0 atom stereocenters. The topological polar surface area (TPSA) is 59.1 Å². The summed E-state index contributed by atoms with van der Waals surface area (Å²) in [4.78, 5) is 29.6. The molecule has 0 N–H and O–H groups in total. The SMILES string of the molecule is CC(=O)N1CCCCCCCCN(C(=O)Cc2ccc3c(c2)OCO3)Cc2ccccc21. The summed E-state index contributed by atoms with van der Waals surface area (Å²) < 4.78 is 10.8. The van der Waals surface area contributed by atoms with Crippen molar-refractivity contribution in [3.63, 3.8) is 0 Å². The quantitative estimate of drug-likeness (QED) is 0.685. The first-order valence-electron chi connectivity index (χ1n) is 11.6. The lowest BCUT2D eigenvalue weighted by Crippen LogP contribution is -2.35. The smallest absolute Gasteiger partial charge is 0.231 e. The fourth-order valence-corrected chi connectivity index (χ4v) is 4.47. The van der Waals surface area contributed by atoms with Crippen LogP contribution in [-0.2, 0) is 22.6 Å². The van der Waals surface area contributed by atoms with Crippen LogP contribution in [0.15, 0.2) is 42.5 Å². The Morgan fingerprint density at radius 1 is 0.875 bits per heavy atom. The molecule has 2 aromatic carbocycles. The Labute approximate surface area is 190 Å². The van der Waals surface area contributed by atoms with Gasteiger partial charge in [-0.3, -0.25) is 9.59 Å². The first-order chi connectivity index (χ1) is 15.6. The van der Waals surface area contributed by atoms with Crippen LogP contribution in [0.2, 0.25) is 0 Å². The van der Waals surface area contributed by atoms with Crippen molar-refractivity contribution in [2.45, 2.75) is 58.4 Å². The number of anilines is 1. The highest BCUT2D eigenvalue weighted by Gasteiger charge is 2.21. The van der Waals surface area contributed by atoms with Crippen LogP contribution >= 0.6 is 0 Å². The van der Waals surface area contributed by atoms with E-state index in [0.29, 0.717) is 18.7 Å². The number of carbonyl (C=O) groups is 2. The van der Waals surface area contributed by atoms with Gasteiger partial charge in [0, 0.05) is 32.2 Å². The fourth-order valence-electron chi connectivity index (χ4n) is 4.47. The summed E-state index contributed by atoms with van der Waals surface area (Å²) in [6, 6.07) is 13.7. The number of ether oxygens (including phenoxy) is 2. The summed E-state index contributed by atoms with van der Waals surface area (Å²) in [5.74, 6) is 1.55. The van der Waals surface area contributed by atoms with Crippen molar-refractivity contribution < 1.29 is 19.1 Å². The zero-order valence-corrected chi connectivity index (χ0v) is 18.8. The molecule has 0 saturated carbocycles. The zero-order chi connectivity index (χ0) is 22.3. The molecule has 0 bridgehead atoms. The molecule has 32 heavy (non-hydrogen) atoms. The Hall–Kier alpha value is -3.02. The number of amides is 2. The first kappa shape index (κ1) is 22.2. The van der Waals surface area contributed by atoms with Crippen LogP contribution in [0.4, 0.5) is 5.69 Å². The third-order valence-corrected chi connectivity index (χ3v) is 6.23. The van der Waals surface area contributed by atoms with Crippen molar-refractivity contribution in [1.82, 2.24) is 4.90 Å². The molecular weight excluding hydrogens is 404 g/mol. The minimum atomic E-state index is 0.0468. The number of carbonyl (C=O) groups excluding carboxylic acids is 2. The van der Waals surface area contributed by atoms with Gasteiger partial charge in [-0.05, 0) is 42.2 Å². The molecule has 2 aliphatic heterocycles. The second kappa shape index (κ2) is 10.5. The molecule has 0 aromatic heterocycles. The molecule has 0 radical (unpaired) electrons. The fraction of sp³-hybridized carbons (Fsp3) is 0.462. The summed E-state index contributed by atoms with van der Waals surface area (Å²) in [5.41, 5.74) is 2.85. The van der Waals surface area contributed by atoms with Gasteiger partial charge in [0.2, 0.25) is 18.6 Å². The normalized spacial score (nSPS) is 17.0. The number of benzene rings is 2. The summed E-state index contributed by atoms with van der Waals surface area (Å²) in [5, 5.41) is 0. The molecule has 0 spiro atoms. The second-order valence-corrected chi connectivity index (χ2v) is 8.60. The monoisotopic (exact) mass is 436 g/mol. The van der Waals surface area contributed by atoms with Gasteiger partial charge in [-0.15, -0.1) is 0 Å². The maximum Gasteiger partial charge on any atom is 0.231 e. The van der Waals surface area contributed by atoms with Gasteiger partial charge in [-0.2, -0.15) is 0 Å². The van der Waals surface area contributed by atoms with Gasteiger partial charge in [0.15, 0.2) is 11.5 Å². The maximum absolute atomic E-state index is 13.4. The van der Waals surface area contributed by atoms with Gasteiger partial charge >= 0.3 is 0 Å². The standard InChI is InChI=1S/C26H32N2O4/c1-20(29)28-15-9-5-3-2-4-8-14-27(18-22-10-6-7-11-23(22)28)26(30)17-21-12-13-24-25(16-21)32-19-31-24/h6-7,10-13,16H,2-5,8-9,14-15,17-19H2,1H3. The van der Waals surface area contributed by atoms with Crippen LogP contribution in [0.25, 0.3) is 0 Å². The molecular formula is C26H32N2O4. The summed E-state index contributed by atoms with van der Waals surface area (Å²) in [6.07, 6.45) is 6.88. The van der Waals surface area contributed by atoms with Crippen molar-refractivity contribution in [2.24, 2.45) is 0 Å². The predicted molar refractivity (Wildman–Crippen MR) is 124 cm³/mol. The molecule has 170 valence electrons. The van der Waals surface area contributed by atoms with Gasteiger partial charge in [-0.25, -0.2) is 0 Å². The van der Waals surface area contributed by atoms with E-state index >= 15 is 0 Å². The summed E-state index contributed by atoms with van der Waals surface area (Å²) in [7, 11) is 0. The number of para-hydroxylation sites is 1. The highest BCUT2D eigenvalue weighted by molar-refractivity contribution is 5.92. The summed E-state index contributed by atoms with van der Waals surface area (Å²) in [6.45, 7) is 3.79. The largest absolute Gasteiger partial charge is 0.454 e. The lowest BCUT2D eigenvalue weighted by Gasteiger charge is -2.28. The Bertz CT molecular complexity index is 959. The van der Waals surface area contributed by atoms with Crippen molar-refractivity contribution in [1.29, 1.82) is 0 Å². The van der Waals surface area contributed by atoms with E-state index in [-0.39, 0.29) is 18.6 Å². The Balaban J connectivity index is 1.56.